The third-order valence-corrected chi connectivity index (χ3v) is 4.92. The van der Waals surface area contributed by atoms with E-state index in [1.165, 1.54) is 0 Å². The second-order valence-corrected chi connectivity index (χ2v) is 5.81. The maximum atomic E-state index is 12.3. The summed E-state index contributed by atoms with van der Waals surface area (Å²) in [5.41, 5.74) is -0.752. The normalized spacial score (nSPS) is 25.8. The lowest BCUT2D eigenvalue weighted by atomic mass is 10.2. The van der Waals surface area contributed by atoms with Gasteiger partial charge in [-0.2, -0.15) is 0 Å². The van der Waals surface area contributed by atoms with Gasteiger partial charge in [0.1, 0.15) is 6.10 Å². The molecule has 94 valence electrons. The standard InChI is InChI=1S/C10H19O5P/c1-4-8-7-9(10(11)15-8)16(12,13-5-2)14-6-3/h8-9H,4-7H2,1-3H3. The fourth-order valence-electron chi connectivity index (χ4n) is 1.72. The van der Waals surface area contributed by atoms with Gasteiger partial charge in [-0.05, 0) is 20.3 Å². The van der Waals surface area contributed by atoms with Crippen LogP contribution in [-0.2, 0) is 23.1 Å². The van der Waals surface area contributed by atoms with Crippen molar-refractivity contribution in [3.63, 3.8) is 0 Å². The summed E-state index contributed by atoms with van der Waals surface area (Å²) in [7, 11) is -3.35. The molecule has 0 radical (unpaired) electrons. The van der Waals surface area contributed by atoms with Gasteiger partial charge < -0.3 is 13.8 Å². The largest absolute Gasteiger partial charge is 0.462 e. The van der Waals surface area contributed by atoms with Gasteiger partial charge in [-0.3, -0.25) is 9.36 Å². The zero-order valence-corrected chi connectivity index (χ0v) is 10.9. The molecule has 1 aliphatic heterocycles. The zero-order chi connectivity index (χ0) is 12.2. The molecule has 0 bridgehead atoms. The van der Waals surface area contributed by atoms with Crippen molar-refractivity contribution < 1.29 is 23.1 Å². The average molecular weight is 250 g/mol. The predicted octanol–water partition coefficient (Wildman–Crippen LogP) is 2.35. The smallest absolute Gasteiger partial charge is 0.345 e. The number of rotatable bonds is 6. The minimum absolute atomic E-state index is 0.160. The Morgan fingerprint density at radius 2 is 1.88 bits per heavy atom. The molecule has 1 rings (SSSR count). The van der Waals surface area contributed by atoms with Crippen LogP contribution in [0.15, 0.2) is 0 Å². The van der Waals surface area contributed by atoms with Crippen molar-refractivity contribution in [1.82, 2.24) is 0 Å². The predicted molar refractivity (Wildman–Crippen MR) is 59.4 cm³/mol. The number of ether oxygens (including phenoxy) is 1. The van der Waals surface area contributed by atoms with E-state index < -0.39 is 19.2 Å². The van der Waals surface area contributed by atoms with Gasteiger partial charge in [-0.15, -0.1) is 0 Å². The lowest BCUT2D eigenvalue weighted by Gasteiger charge is -2.20. The molecule has 1 saturated heterocycles. The molecule has 2 atom stereocenters. The average Bonchev–Trinajstić information content (AvgIpc) is 2.61. The highest BCUT2D eigenvalue weighted by molar-refractivity contribution is 7.55. The van der Waals surface area contributed by atoms with Crippen molar-refractivity contribution in [2.75, 3.05) is 13.2 Å². The summed E-state index contributed by atoms with van der Waals surface area (Å²) in [5.74, 6) is -0.461. The molecule has 2 unspecified atom stereocenters. The molecular weight excluding hydrogens is 231 g/mol. The number of hydrogen-bond acceptors (Lipinski definition) is 5. The van der Waals surface area contributed by atoms with Gasteiger partial charge in [-0.25, -0.2) is 0 Å². The maximum absolute atomic E-state index is 12.3. The molecule has 0 aromatic heterocycles. The quantitative estimate of drug-likeness (QED) is 0.535. The van der Waals surface area contributed by atoms with Crippen molar-refractivity contribution in [3.05, 3.63) is 0 Å². The summed E-state index contributed by atoms with van der Waals surface area (Å²) in [6.45, 7) is 5.90. The highest BCUT2D eigenvalue weighted by atomic mass is 31.2. The van der Waals surface area contributed by atoms with Crippen LogP contribution in [0.25, 0.3) is 0 Å². The van der Waals surface area contributed by atoms with E-state index in [-0.39, 0.29) is 19.3 Å². The summed E-state index contributed by atoms with van der Waals surface area (Å²) in [6, 6.07) is 0. The van der Waals surface area contributed by atoms with E-state index in [2.05, 4.69) is 0 Å². The molecule has 0 aromatic carbocycles. The summed E-state index contributed by atoms with van der Waals surface area (Å²) in [5, 5.41) is 0. The second-order valence-electron chi connectivity index (χ2n) is 3.59. The van der Waals surface area contributed by atoms with Gasteiger partial charge >= 0.3 is 13.6 Å². The van der Waals surface area contributed by atoms with Crippen LogP contribution < -0.4 is 0 Å². The minimum Gasteiger partial charge on any atom is -0.462 e. The van der Waals surface area contributed by atoms with Crippen LogP contribution in [-0.4, -0.2) is 30.9 Å². The van der Waals surface area contributed by atoms with Gasteiger partial charge in [-0.1, -0.05) is 6.92 Å². The summed E-state index contributed by atoms with van der Waals surface area (Å²) in [4.78, 5) is 11.6. The molecule has 16 heavy (non-hydrogen) atoms. The van der Waals surface area contributed by atoms with Crippen molar-refractivity contribution in [3.8, 4) is 0 Å². The molecule has 1 aliphatic rings. The lowest BCUT2D eigenvalue weighted by molar-refractivity contribution is -0.141. The minimum atomic E-state index is -3.35. The molecule has 0 spiro atoms. The number of carbonyl (C=O) groups is 1. The molecule has 0 N–H and O–H groups in total. The summed E-state index contributed by atoms with van der Waals surface area (Å²) < 4.78 is 27.7. The van der Waals surface area contributed by atoms with E-state index in [0.717, 1.165) is 6.42 Å². The highest BCUT2D eigenvalue weighted by Crippen LogP contribution is 2.56. The first-order valence-electron chi connectivity index (χ1n) is 5.66. The third kappa shape index (κ3) is 2.84. The fraction of sp³-hybridized carbons (Fsp3) is 0.900. The zero-order valence-electron chi connectivity index (χ0n) is 9.97. The molecule has 6 heteroatoms. The van der Waals surface area contributed by atoms with E-state index >= 15 is 0 Å². The topological polar surface area (TPSA) is 61.8 Å². The number of hydrogen-bond donors (Lipinski definition) is 0. The lowest BCUT2D eigenvalue weighted by Crippen LogP contribution is -2.18. The Bertz CT molecular complexity index is 281. The number of esters is 1. The second kappa shape index (κ2) is 5.80. The van der Waals surface area contributed by atoms with Crippen molar-refractivity contribution >= 4 is 13.6 Å². The highest BCUT2D eigenvalue weighted by Gasteiger charge is 2.48. The molecule has 5 nitrogen and oxygen atoms in total. The first-order valence-corrected chi connectivity index (χ1v) is 7.27. The van der Waals surface area contributed by atoms with Gasteiger partial charge in [0.25, 0.3) is 0 Å². The SMILES string of the molecule is CCOP(=O)(OCC)C1CC(CC)OC1=O. The van der Waals surface area contributed by atoms with Crippen molar-refractivity contribution in [2.24, 2.45) is 0 Å². The van der Waals surface area contributed by atoms with E-state index in [1.807, 2.05) is 6.92 Å². The van der Waals surface area contributed by atoms with Crippen LogP contribution in [0.4, 0.5) is 0 Å². The van der Waals surface area contributed by atoms with Gasteiger partial charge in [0.15, 0.2) is 5.66 Å². The van der Waals surface area contributed by atoms with Crippen molar-refractivity contribution in [1.29, 1.82) is 0 Å². The first kappa shape index (κ1) is 13.7. The summed E-state index contributed by atoms with van der Waals surface area (Å²) in [6.07, 6.45) is 0.986. The molecule has 0 saturated carbocycles. The van der Waals surface area contributed by atoms with Gasteiger partial charge in [0.05, 0.1) is 13.2 Å². The summed E-state index contributed by atoms with van der Waals surface area (Å²) >= 11 is 0. The third-order valence-electron chi connectivity index (χ3n) is 2.50. The fourth-order valence-corrected chi connectivity index (χ4v) is 3.69. The van der Waals surface area contributed by atoms with Crippen LogP contribution in [0.3, 0.4) is 0 Å². The number of cyclic esters (lactones) is 1. The van der Waals surface area contributed by atoms with E-state index in [9.17, 15) is 9.36 Å². The van der Waals surface area contributed by atoms with Crippen LogP contribution in [0.2, 0.25) is 0 Å². The molecule has 0 aliphatic carbocycles. The van der Waals surface area contributed by atoms with Crippen LogP contribution in [0, 0.1) is 0 Å². The Morgan fingerprint density at radius 3 is 2.25 bits per heavy atom. The van der Waals surface area contributed by atoms with E-state index in [4.69, 9.17) is 13.8 Å². The monoisotopic (exact) mass is 250 g/mol. The van der Waals surface area contributed by atoms with Crippen LogP contribution in [0.5, 0.6) is 0 Å². The van der Waals surface area contributed by atoms with Crippen molar-refractivity contribution in [2.45, 2.75) is 45.4 Å². The molecule has 1 fully saturated rings. The van der Waals surface area contributed by atoms with Gasteiger partial charge in [0.2, 0.25) is 0 Å². The Hall–Kier alpha value is -0.380. The maximum Gasteiger partial charge on any atom is 0.345 e. The first-order chi connectivity index (χ1) is 7.57. The van der Waals surface area contributed by atoms with Crippen LogP contribution >= 0.6 is 7.60 Å². The Kier molecular flexibility index (Phi) is 4.96. The number of carbonyl (C=O) groups excluding carboxylic acids is 1. The van der Waals surface area contributed by atoms with Gasteiger partial charge in [0, 0.05) is 6.42 Å². The van der Waals surface area contributed by atoms with Crippen LogP contribution in [0.1, 0.15) is 33.6 Å². The molecule has 1 heterocycles. The Labute approximate surface area is 96.0 Å². The Balaban J connectivity index is 2.79. The molecule has 0 amide bonds. The molecule has 0 aromatic rings. The van der Waals surface area contributed by atoms with E-state index in [0.29, 0.717) is 6.42 Å². The molecular formula is C10H19O5P. The Morgan fingerprint density at radius 1 is 1.31 bits per heavy atom. The van der Waals surface area contributed by atoms with E-state index in [1.54, 1.807) is 13.8 Å².